The number of nitrogens with zero attached hydrogens (tertiary/aromatic N) is 7. The number of amides is 3. The van der Waals surface area contributed by atoms with Gasteiger partial charge in [0.15, 0.2) is 11.5 Å². The van der Waals surface area contributed by atoms with Gasteiger partial charge in [-0.05, 0) is 24.6 Å². The number of likely N-dealkylation sites (tertiary alicyclic amines) is 1. The second kappa shape index (κ2) is 9.61. The molecule has 4 heterocycles. The van der Waals surface area contributed by atoms with E-state index < -0.39 is 41.0 Å². The number of carbonyl (C=O) groups is 2. The summed E-state index contributed by atoms with van der Waals surface area (Å²) in [5.74, 6) is -2.58. The molecule has 1 aromatic heterocycles. The molecule has 196 valence electrons. The predicted octanol–water partition coefficient (Wildman–Crippen LogP) is 2.43. The third-order valence-electron chi connectivity index (χ3n) is 6.89. The molecule has 13 heteroatoms. The number of carbonyl (C=O) groups excluding carboxylic acids is 2. The zero-order valence-electron chi connectivity index (χ0n) is 20.4. The Balaban J connectivity index is 1.23. The number of ether oxygens (including phenoxy) is 1. The van der Waals surface area contributed by atoms with E-state index in [-0.39, 0.29) is 24.7 Å². The molecule has 37 heavy (non-hydrogen) atoms. The van der Waals surface area contributed by atoms with E-state index in [0.29, 0.717) is 38.2 Å². The molecule has 0 bridgehead atoms. The average Bonchev–Trinajstić information content (AvgIpc) is 3.36. The summed E-state index contributed by atoms with van der Waals surface area (Å²) < 4.78 is 47.2. The van der Waals surface area contributed by atoms with Crippen molar-refractivity contribution in [3.05, 3.63) is 53.1 Å². The standard InChI is InChI=1S/C24H26F3N7O3/c1-24(37-2)13-33(14-24)21(35)20-18(27)12-28-22(30-20)31-5-7-32(8-6-31)23(36)34-19(3-4-29-34)15-9-16(25)11-17(26)10-15/h4,9-12,19H,3,5-8,13-14H2,1-2H3/t19-/m0/s1. The first-order valence-electron chi connectivity index (χ1n) is 11.9. The fourth-order valence-electron chi connectivity index (χ4n) is 4.73. The summed E-state index contributed by atoms with van der Waals surface area (Å²) in [5.41, 5.74) is -0.434. The second-order valence-corrected chi connectivity index (χ2v) is 9.54. The van der Waals surface area contributed by atoms with Crippen molar-refractivity contribution >= 4 is 24.1 Å². The molecule has 10 nitrogen and oxygen atoms in total. The molecule has 1 atom stereocenters. The van der Waals surface area contributed by atoms with Crippen molar-refractivity contribution in [1.29, 1.82) is 0 Å². The van der Waals surface area contributed by atoms with Gasteiger partial charge in [-0.15, -0.1) is 0 Å². The third-order valence-corrected chi connectivity index (χ3v) is 6.89. The molecule has 0 spiro atoms. The number of rotatable bonds is 4. The number of aromatic nitrogens is 2. The molecule has 0 saturated carbocycles. The van der Waals surface area contributed by atoms with Crippen molar-refractivity contribution in [2.24, 2.45) is 5.10 Å². The third kappa shape index (κ3) is 4.82. The Kier molecular flexibility index (Phi) is 6.48. The first kappa shape index (κ1) is 24.9. The monoisotopic (exact) mass is 517 g/mol. The summed E-state index contributed by atoms with van der Waals surface area (Å²) in [6.45, 7) is 3.80. The number of hydrogen-bond acceptors (Lipinski definition) is 7. The molecule has 2 fully saturated rings. The Morgan fingerprint density at radius 1 is 1.03 bits per heavy atom. The Hall–Kier alpha value is -3.74. The first-order chi connectivity index (χ1) is 17.7. The van der Waals surface area contributed by atoms with Crippen LogP contribution in [0.3, 0.4) is 0 Å². The normalized spacial score (nSPS) is 20.8. The van der Waals surface area contributed by atoms with E-state index in [0.717, 1.165) is 12.3 Å². The first-order valence-corrected chi connectivity index (χ1v) is 11.9. The maximum absolute atomic E-state index is 14.4. The number of methoxy groups -OCH3 is 1. The Labute approximate surface area is 211 Å². The number of urea groups is 1. The topological polar surface area (TPSA) is 94.5 Å². The van der Waals surface area contributed by atoms with Crippen LogP contribution in [0.25, 0.3) is 0 Å². The fraction of sp³-hybridized carbons (Fsp3) is 0.458. The lowest BCUT2D eigenvalue weighted by atomic mass is 9.96. The largest absolute Gasteiger partial charge is 0.375 e. The predicted molar refractivity (Wildman–Crippen MR) is 127 cm³/mol. The zero-order valence-corrected chi connectivity index (χ0v) is 20.4. The maximum Gasteiger partial charge on any atom is 0.341 e. The highest BCUT2D eigenvalue weighted by Gasteiger charge is 2.43. The van der Waals surface area contributed by atoms with Gasteiger partial charge in [0.25, 0.3) is 5.91 Å². The van der Waals surface area contributed by atoms with Crippen LogP contribution in [0.5, 0.6) is 0 Å². The van der Waals surface area contributed by atoms with Crippen molar-refractivity contribution in [3.8, 4) is 0 Å². The van der Waals surface area contributed by atoms with Gasteiger partial charge in [0.1, 0.15) is 17.2 Å². The summed E-state index contributed by atoms with van der Waals surface area (Å²) >= 11 is 0. The smallest absolute Gasteiger partial charge is 0.341 e. The van der Waals surface area contributed by atoms with Gasteiger partial charge in [-0.3, -0.25) is 4.79 Å². The van der Waals surface area contributed by atoms with E-state index in [1.807, 2.05) is 6.92 Å². The summed E-state index contributed by atoms with van der Waals surface area (Å²) in [4.78, 5) is 39.0. The molecular weight excluding hydrogens is 491 g/mol. The van der Waals surface area contributed by atoms with Gasteiger partial charge in [-0.2, -0.15) is 5.10 Å². The Morgan fingerprint density at radius 3 is 2.35 bits per heavy atom. The fourth-order valence-corrected chi connectivity index (χ4v) is 4.73. The van der Waals surface area contributed by atoms with Gasteiger partial charge in [0, 0.05) is 52.0 Å². The van der Waals surface area contributed by atoms with E-state index in [1.165, 1.54) is 22.0 Å². The van der Waals surface area contributed by atoms with E-state index in [1.54, 1.807) is 23.1 Å². The number of piperazine rings is 1. The van der Waals surface area contributed by atoms with Crippen molar-refractivity contribution in [2.75, 3.05) is 51.3 Å². The number of halogens is 3. The molecule has 3 aliphatic rings. The molecule has 2 aromatic rings. The minimum absolute atomic E-state index is 0.194. The quantitative estimate of drug-likeness (QED) is 0.619. The SMILES string of the molecule is COC1(C)CN(C(=O)c2nc(N3CCN(C(=O)N4N=CC[C@H]4c4cc(F)cc(F)c4)CC3)ncc2F)C1. The summed E-state index contributed by atoms with van der Waals surface area (Å²) in [5, 5.41) is 5.37. The van der Waals surface area contributed by atoms with Crippen molar-refractivity contribution in [3.63, 3.8) is 0 Å². The van der Waals surface area contributed by atoms with Crippen molar-refractivity contribution in [1.82, 2.24) is 24.8 Å². The number of anilines is 1. The van der Waals surface area contributed by atoms with Gasteiger partial charge in [0.2, 0.25) is 5.95 Å². The number of hydrogen-bond donors (Lipinski definition) is 0. The molecule has 2 saturated heterocycles. The van der Waals surface area contributed by atoms with Gasteiger partial charge in [0.05, 0.1) is 25.3 Å². The summed E-state index contributed by atoms with van der Waals surface area (Å²) in [6.07, 6.45) is 2.86. The maximum atomic E-state index is 14.4. The van der Waals surface area contributed by atoms with Crippen LogP contribution in [0.2, 0.25) is 0 Å². The molecule has 0 aliphatic carbocycles. The van der Waals surface area contributed by atoms with Crippen molar-refractivity contribution in [2.45, 2.75) is 25.0 Å². The molecule has 0 radical (unpaired) electrons. The van der Waals surface area contributed by atoms with Gasteiger partial charge < -0.3 is 19.4 Å². The highest BCUT2D eigenvalue weighted by Crippen LogP contribution is 2.31. The van der Waals surface area contributed by atoms with Crippen molar-refractivity contribution < 1.29 is 27.5 Å². The summed E-state index contributed by atoms with van der Waals surface area (Å²) in [7, 11) is 1.56. The minimum atomic E-state index is -0.805. The van der Waals surface area contributed by atoms with E-state index >= 15 is 0 Å². The summed E-state index contributed by atoms with van der Waals surface area (Å²) in [6, 6.07) is 2.17. The van der Waals surface area contributed by atoms with Crippen LogP contribution in [0.4, 0.5) is 23.9 Å². The van der Waals surface area contributed by atoms with E-state index in [4.69, 9.17) is 4.74 Å². The Morgan fingerprint density at radius 2 is 1.70 bits per heavy atom. The minimum Gasteiger partial charge on any atom is -0.375 e. The lowest BCUT2D eigenvalue weighted by molar-refractivity contribution is -0.0950. The van der Waals surface area contributed by atoms with Crippen LogP contribution >= 0.6 is 0 Å². The molecule has 1 aromatic carbocycles. The number of benzene rings is 1. The zero-order chi connectivity index (χ0) is 26.3. The van der Waals surface area contributed by atoms with E-state index in [9.17, 15) is 22.8 Å². The van der Waals surface area contributed by atoms with E-state index in [2.05, 4.69) is 15.1 Å². The van der Waals surface area contributed by atoms with Gasteiger partial charge in [-0.25, -0.2) is 32.9 Å². The molecule has 0 N–H and O–H groups in total. The van der Waals surface area contributed by atoms with Crippen LogP contribution < -0.4 is 4.90 Å². The highest BCUT2D eigenvalue weighted by molar-refractivity contribution is 5.93. The van der Waals surface area contributed by atoms with Crippen LogP contribution in [0.1, 0.15) is 35.4 Å². The van der Waals surface area contributed by atoms with Crippen LogP contribution in [0, 0.1) is 17.5 Å². The lowest BCUT2D eigenvalue weighted by Crippen LogP contribution is -2.62. The molecular formula is C24H26F3N7O3. The average molecular weight is 518 g/mol. The van der Waals surface area contributed by atoms with Gasteiger partial charge >= 0.3 is 6.03 Å². The molecule has 3 aliphatic heterocycles. The lowest BCUT2D eigenvalue weighted by Gasteiger charge is -2.46. The molecule has 3 amide bonds. The molecule has 0 unspecified atom stereocenters. The van der Waals surface area contributed by atoms with Crippen LogP contribution in [-0.2, 0) is 4.74 Å². The van der Waals surface area contributed by atoms with Crippen LogP contribution in [-0.4, -0.2) is 94.9 Å². The highest BCUT2D eigenvalue weighted by atomic mass is 19.1. The van der Waals surface area contributed by atoms with Crippen LogP contribution in [0.15, 0.2) is 29.5 Å². The van der Waals surface area contributed by atoms with Gasteiger partial charge in [-0.1, -0.05) is 0 Å². The molecule has 5 rings (SSSR count). The Bertz CT molecular complexity index is 1230. The number of hydrazone groups is 1. The second-order valence-electron chi connectivity index (χ2n) is 9.54.